The molecule has 0 saturated carbocycles. The third-order valence-corrected chi connectivity index (χ3v) is 5.52. The topological polar surface area (TPSA) is 21.3 Å². The standard InChI is InChI=1S/C17H23BrFNO/c1-2-7-20-16(14-10-13-5-6-17(14)21-13)8-11-3-4-12(19)9-15(11)18/h3-4,9,13-14,16-17,20H,2,5-8,10H2,1H3. The fourth-order valence-electron chi connectivity index (χ4n) is 3.73. The van der Waals surface area contributed by atoms with Crippen LogP contribution in [0.2, 0.25) is 0 Å². The van der Waals surface area contributed by atoms with E-state index in [0.29, 0.717) is 24.2 Å². The number of halogens is 2. The van der Waals surface area contributed by atoms with Crippen LogP contribution in [0.1, 0.15) is 38.2 Å². The van der Waals surface area contributed by atoms with Crippen LogP contribution in [-0.2, 0) is 11.2 Å². The highest BCUT2D eigenvalue weighted by Gasteiger charge is 2.44. The van der Waals surface area contributed by atoms with Crippen LogP contribution in [0.15, 0.2) is 22.7 Å². The summed E-state index contributed by atoms with van der Waals surface area (Å²) in [5, 5.41) is 3.69. The summed E-state index contributed by atoms with van der Waals surface area (Å²) in [5.74, 6) is 0.402. The molecule has 21 heavy (non-hydrogen) atoms. The second-order valence-electron chi connectivity index (χ2n) is 6.27. The SMILES string of the molecule is CCCNC(Cc1ccc(F)cc1Br)C1CC2CCC1O2. The predicted molar refractivity (Wildman–Crippen MR) is 85.9 cm³/mol. The number of benzene rings is 1. The lowest BCUT2D eigenvalue weighted by Crippen LogP contribution is -2.42. The minimum atomic E-state index is -0.188. The van der Waals surface area contributed by atoms with Crippen molar-refractivity contribution >= 4 is 15.9 Å². The average molecular weight is 356 g/mol. The Kier molecular flexibility index (Phi) is 4.97. The zero-order valence-corrected chi connectivity index (χ0v) is 14.0. The molecular formula is C17H23BrFNO. The number of hydrogen-bond donors (Lipinski definition) is 1. The maximum absolute atomic E-state index is 13.2. The maximum atomic E-state index is 13.2. The number of hydrogen-bond acceptors (Lipinski definition) is 2. The third-order valence-electron chi connectivity index (χ3n) is 4.78. The Morgan fingerprint density at radius 2 is 2.29 bits per heavy atom. The van der Waals surface area contributed by atoms with Gasteiger partial charge in [-0.3, -0.25) is 0 Å². The molecule has 2 bridgehead atoms. The van der Waals surface area contributed by atoms with Gasteiger partial charge in [-0.1, -0.05) is 28.9 Å². The smallest absolute Gasteiger partial charge is 0.124 e. The van der Waals surface area contributed by atoms with Crippen molar-refractivity contribution in [2.24, 2.45) is 5.92 Å². The molecule has 4 unspecified atom stereocenters. The molecule has 2 aliphatic rings. The van der Waals surface area contributed by atoms with Crippen LogP contribution >= 0.6 is 15.9 Å². The van der Waals surface area contributed by atoms with Crippen molar-refractivity contribution in [3.63, 3.8) is 0 Å². The molecule has 0 aromatic heterocycles. The molecule has 116 valence electrons. The van der Waals surface area contributed by atoms with E-state index in [4.69, 9.17) is 4.74 Å². The van der Waals surface area contributed by atoms with Gasteiger partial charge in [0, 0.05) is 16.4 Å². The van der Waals surface area contributed by atoms with Gasteiger partial charge in [0.1, 0.15) is 5.82 Å². The molecule has 0 spiro atoms. The van der Waals surface area contributed by atoms with Gasteiger partial charge >= 0.3 is 0 Å². The van der Waals surface area contributed by atoms with E-state index in [1.807, 2.05) is 6.07 Å². The van der Waals surface area contributed by atoms with E-state index in [-0.39, 0.29) is 5.82 Å². The van der Waals surface area contributed by atoms with Crippen molar-refractivity contribution in [3.05, 3.63) is 34.1 Å². The van der Waals surface area contributed by atoms with Gasteiger partial charge < -0.3 is 10.1 Å². The lowest BCUT2D eigenvalue weighted by atomic mass is 9.81. The summed E-state index contributed by atoms with van der Waals surface area (Å²) in [5.41, 5.74) is 1.17. The normalized spacial score (nSPS) is 29.0. The summed E-state index contributed by atoms with van der Waals surface area (Å²) in [6, 6.07) is 5.42. The van der Waals surface area contributed by atoms with Gasteiger partial charge in [0.05, 0.1) is 12.2 Å². The summed E-state index contributed by atoms with van der Waals surface area (Å²) in [6.07, 6.45) is 6.55. The first-order valence-electron chi connectivity index (χ1n) is 8.00. The van der Waals surface area contributed by atoms with Crippen molar-refractivity contribution in [3.8, 4) is 0 Å². The van der Waals surface area contributed by atoms with E-state index in [9.17, 15) is 4.39 Å². The Labute approximate surface area is 134 Å². The summed E-state index contributed by atoms with van der Waals surface area (Å²) in [4.78, 5) is 0. The van der Waals surface area contributed by atoms with Gasteiger partial charge in [0.2, 0.25) is 0 Å². The first-order valence-corrected chi connectivity index (χ1v) is 8.79. The van der Waals surface area contributed by atoms with Gasteiger partial charge in [0.15, 0.2) is 0 Å². The lowest BCUT2D eigenvalue weighted by Gasteiger charge is -2.30. The zero-order chi connectivity index (χ0) is 14.8. The van der Waals surface area contributed by atoms with Crippen LogP contribution in [0.4, 0.5) is 4.39 Å². The molecule has 2 saturated heterocycles. The van der Waals surface area contributed by atoms with Crippen LogP contribution in [0.25, 0.3) is 0 Å². The van der Waals surface area contributed by atoms with Crippen LogP contribution in [0.3, 0.4) is 0 Å². The van der Waals surface area contributed by atoms with E-state index in [2.05, 4.69) is 28.2 Å². The van der Waals surface area contributed by atoms with Crippen LogP contribution in [0, 0.1) is 11.7 Å². The largest absolute Gasteiger partial charge is 0.375 e. The Bertz CT molecular complexity index is 496. The Morgan fingerprint density at radius 3 is 2.90 bits per heavy atom. The molecule has 2 nitrogen and oxygen atoms in total. The molecule has 2 aliphatic heterocycles. The van der Waals surface area contributed by atoms with E-state index in [1.165, 1.54) is 24.8 Å². The Hall–Kier alpha value is -0.450. The molecule has 1 aromatic rings. The molecule has 0 amide bonds. The number of fused-ring (bicyclic) bond motifs is 2. The number of ether oxygens (including phenoxy) is 1. The first-order chi connectivity index (χ1) is 10.2. The van der Waals surface area contributed by atoms with Gasteiger partial charge in [-0.05, 0) is 56.3 Å². The monoisotopic (exact) mass is 355 g/mol. The molecule has 0 radical (unpaired) electrons. The highest BCUT2D eigenvalue weighted by Crippen LogP contribution is 2.41. The van der Waals surface area contributed by atoms with Gasteiger partial charge in [0.25, 0.3) is 0 Å². The van der Waals surface area contributed by atoms with Crippen molar-refractivity contribution in [1.82, 2.24) is 5.32 Å². The highest BCUT2D eigenvalue weighted by atomic mass is 79.9. The molecule has 4 heteroatoms. The molecule has 3 rings (SSSR count). The summed E-state index contributed by atoms with van der Waals surface area (Å²) >= 11 is 3.49. The lowest BCUT2D eigenvalue weighted by molar-refractivity contribution is 0.0857. The van der Waals surface area contributed by atoms with Gasteiger partial charge in [-0.25, -0.2) is 4.39 Å². The summed E-state index contributed by atoms with van der Waals surface area (Å²) in [6.45, 7) is 3.21. The maximum Gasteiger partial charge on any atom is 0.124 e. The van der Waals surface area contributed by atoms with E-state index in [0.717, 1.165) is 23.9 Å². The van der Waals surface area contributed by atoms with E-state index in [1.54, 1.807) is 12.1 Å². The Balaban J connectivity index is 1.73. The molecule has 2 fully saturated rings. The number of nitrogens with one attached hydrogen (secondary N) is 1. The quantitative estimate of drug-likeness (QED) is 0.830. The predicted octanol–water partition coefficient (Wildman–Crippen LogP) is 4.07. The fourth-order valence-corrected chi connectivity index (χ4v) is 4.24. The van der Waals surface area contributed by atoms with Gasteiger partial charge in [-0.15, -0.1) is 0 Å². The van der Waals surface area contributed by atoms with Crippen molar-refractivity contribution in [1.29, 1.82) is 0 Å². The molecule has 1 N–H and O–H groups in total. The van der Waals surface area contributed by atoms with Crippen molar-refractivity contribution in [2.45, 2.75) is 57.3 Å². The average Bonchev–Trinajstić information content (AvgIpc) is 3.08. The second-order valence-corrected chi connectivity index (χ2v) is 7.13. The Morgan fingerprint density at radius 1 is 1.43 bits per heavy atom. The minimum Gasteiger partial charge on any atom is -0.375 e. The van der Waals surface area contributed by atoms with Gasteiger partial charge in [-0.2, -0.15) is 0 Å². The fraction of sp³-hybridized carbons (Fsp3) is 0.647. The second kappa shape index (κ2) is 6.76. The molecule has 2 heterocycles. The molecular weight excluding hydrogens is 333 g/mol. The minimum absolute atomic E-state index is 0.188. The summed E-state index contributed by atoms with van der Waals surface area (Å²) < 4.78 is 20.1. The highest BCUT2D eigenvalue weighted by molar-refractivity contribution is 9.10. The van der Waals surface area contributed by atoms with Crippen LogP contribution in [0.5, 0.6) is 0 Å². The van der Waals surface area contributed by atoms with E-state index >= 15 is 0 Å². The molecule has 0 aliphatic carbocycles. The molecule has 4 atom stereocenters. The number of rotatable bonds is 6. The zero-order valence-electron chi connectivity index (χ0n) is 12.4. The third kappa shape index (κ3) is 3.49. The van der Waals surface area contributed by atoms with Crippen LogP contribution < -0.4 is 5.32 Å². The molecule has 1 aromatic carbocycles. The van der Waals surface area contributed by atoms with Crippen molar-refractivity contribution < 1.29 is 9.13 Å². The van der Waals surface area contributed by atoms with E-state index < -0.39 is 0 Å². The first kappa shape index (κ1) is 15.4. The van der Waals surface area contributed by atoms with Crippen molar-refractivity contribution in [2.75, 3.05) is 6.54 Å². The van der Waals surface area contributed by atoms with Crippen LogP contribution in [-0.4, -0.2) is 24.8 Å². The summed E-state index contributed by atoms with van der Waals surface area (Å²) in [7, 11) is 0.